The molecule has 1 aromatic carbocycles. The van der Waals surface area contributed by atoms with E-state index in [2.05, 4.69) is 15.5 Å². The average Bonchev–Trinajstić information content (AvgIpc) is 2.93. The molecule has 1 fully saturated rings. The molecule has 0 aliphatic carbocycles. The van der Waals surface area contributed by atoms with Crippen LogP contribution in [-0.4, -0.2) is 29.8 Å². The molecular weight excluding hydrogens is 292 g/mol. The third-order valence-corrected chi connectivity index (χ3v) is 2.82. The zero-order valence-electron chi connectivity index (χ0n) is 10.3. The molecule has 20 heavy (non-hydrogen) atoms. The maximum absolute atomic E-state index is 13.1. The summed E-state index contributed by atoms with van der Waals surface area (Å²) in [7, 11) is 0. The number of aromatic nitrogens is 2. The fourth-order valence-corrected chi connectivity index (χ4v) is 1.84. The lowest BCUT2D eigenvalue weighted by Gasteiger charge is -2.19. The molecule has 1 aliphatic rings. The van der Waals surface area contributed by atoms with Crippen molar-refractivity contribution in [3.05, 3.63) is 35.7 Å². The normalized spacial score (nSPS) is 18.6. The van der Waals surface area contributed by atoms with Gasteiger partial charge in [-0.25, -0.2) is 8.78 Å². The molecule has 1 N–H and O–H groups in total. The van der Waals surface area contributed by atoms with E-state index >= 15 is 0 Å². The first-order valence-electron chi connectivity index (χ1n) is 5.85. The number of nitrogens with zero attached hydrogens (tertiary/aromatic N) is 2. The van der Waals surface area contributed by atoms with E-state index in [1.807, 2.05) is 0 Å². The Labute approximate surface area is 119 Å². The summed E-state index contributed by atoms with van der Waals surface area (Å²) in [5, 5.41) is 6.89. The van der Waals surface area contributed by atoms with Gasteiger partial charge in [-0.15, -0.1) is 12.4 Å². The molecule has 1 aromatic heterocycles. The highest BCUT2D eigenvalue weighted by Gasteiger charge is 2.22. The molecule has 1 saturated heterocycles. The van der Waals surface area contributed by atoms with E-state index in [-0.39, 0.29) is 24.3 Å². The van der Waals surface area contributed by atoms with Gasteiger partial charge in [0.2, 0.25) is 5.82 Å². The maximum Gasteiger partial charge on any atom is 0.257 e. The van der Waals surface area contributed by atoms with E-state index in [1.54, 1.807) is 0 Å². The van der Waals surface area contributed by atoms with Crippen LogP contribution in [0.3, 0.4) is 0 Å². The van der Waals surface area contributed by atoms with Gasteiger partial charge in [0.1, 0.15) is 6.10 Å². The fraction of sp³-hybridized carbons (Fsp3) is 0.333. The molecule has 108 valence electrons. The number of hydrogen-bond acceptors (Lipinski definition) is 5. The first kappa shape index (κ1) is 14.8. The number of ether oxygens (including phenoxy) is 1. The number of halogens is 3. The number of morpholine rings is 1. The lowest BCUT2D eigenvalue weighted by molar-refractivity contribution is 0.00755. The quantitative estimate of drug-likeness (QED) is 0.920. The summed E-state index contributed by atoms with van der Waals surface area (Å²) < 4.78 is 36.5. The van der Waals surface area contributed by atoms with E-state index in [9.17, 15) is 8.78 Å². The average molecular weight is 304 g/mol. The topological polar surface area (TPSA) is 60.2 Å². The van der Waals surface area contributed by atoms with E-state index in [0.29, 0.717) is 24.6 Å². The van der Waals surface area contributed by atoms with Crippen LogP contribution in [0.25, 0.3) is 11.4 Å². The second kappa shape index (κ2) is 6.25. The lowest BCUT2D eigenvalue weighted by atomic mass is 10.2. The van der Waals surface area contributed by atoms with Crippen molar-refractivity contribution in [3.8, 4) is 11.4 Å². The van der Waals surface area contributed by atoms with Gasteiger partial charge in [-0.2, -0.15) is 4.98 Å². The van der Waals surface area contributed by atoms with Gasteiger partial charge in [0.25, 0.3) is 5.89 Å². The van der Waals surface area contributed by atoms with E-state index in [4.69, 9.17) is 9.26 Å². The minimum atomic E-state index is -0.945. The molecule has 1 atom stereocenters. The van der Waals surface area contributed by atoms with Crippen LogP contribution < -0.4 is 5.32 Å². The Kier molecular flexibility index (Phi) is 4.64. The van der Waals surface area contributed by atoms with Crippen molar-refractivity contribution in [1.82, 2.24) is 15.5 Å². The lowest BCUT2D eigenvalue weighted by Crippen LogP contribution is -2.33. The van der Waals surface area contributed by atoms with Gasteiger partial charge >= 0.3 is 0 Å². The summed E-state index contributed by atoms with van der Waals surface area (Å²) in [6, 6.07) is 3.45. The van der Waals surface area contributed by atoms with Crippen LogP contribution in [0.4, 0.5) is 8.78 Å². The van der Waals surface area contributed by atoms with Crippen molar-refractivity contribution in [2.24, 2.45) is 0 Å². The van der Waals surface area contributed by atoms with E-state index < -0.39 is 11.6 Å². The third-order valence-electron chi connectivity index (χ3n) is 2.82. The zero-order chi connectivity index (χ0) is 13.2. The van der Waals surface area contributed by atoms with Crippen molar-refractivity contribution in [3.63, 3.8) is 0 Å². The van der Waals surface area contributed by atoms with Crippen LogP contribution in [0.2, 0.25) is 0 Å². The van der Waals surface area contributed by atoms with Crippen molar-refractivity contribution in [2.45, 2.75) is 6.10 Å². The maximum atomic E-state index is 13.1. The number of rotatable bonds is 2. The molecule has 2 heterocycles. The van der Waals surface area contributed by atoms with Gasteiger partial charge in [0.15, 0.2) is 11.6 Å². The first-order chi connectivity index (χ1) is 9.24. The highest BCUT2D eigenvalue weighted by Crippen LogP contribution is 2.22. The second-order valence-electron chi connectivity index (χ2n) is 4.15. The van der Waals surface area contributed by atoms with Crippen LogP contribution >= 0.6 is 12.4 Å². The number of nitrogens with one attached hydrogen (secondary N) is 1. The summed E-state index contributed by atoms with van der Waals surface area (Å²) >= 11 is 0. The molecule has 0 saturated carbocycles. The van der Waals surface area contributed by atoms with Gasteiger partial charge in [0, 0.05) is 18.7 Å². The molecule has 0 bridgehead atoms. The molecule has 1 aliphatic heterocycles. The number of hydrogen-bond donors (Lipinski definition) is 1. The Bertz CT molecular complexity index is 588. The monoisotopic (exact) mass is 303 g/mol. The summed E-state index contributed by atoms with van der Waals surface area (Å²) in [5.41, 5.74) is 0.359. The second-order valence-corrected chi connectivity index (χ2v) is 4.15. The molecule has 5 nitrogen and oxygen atoms in total. The Morgan fingerprint density at radius 1 is 1.25 bits per heavy atom. The molecule has 0 spiro atoms. The molecule has 3 rings (SSSR count). The molecule has 0 unspecified atom stereocenters. The van der Waals surface area contributed by atoms with Gasteiger partial charge in [-0.3, -0.25) is 0 Å². The summed E-state index contributed by atoms with van der Waals surface area (Å²) in [4.78, 5) is 4.14. The Hall–Kier alpha value is -1.57. The van der Waals surface area contributed by atoms with Gasteiger partial charge < -0.3 is 14.6 Å². The van der Waals surface area contributed by atoms with Crippen LogP contribution in [0.5, 0.6) is 0 Å². The van der Waals surface area contributed by atoms with E-state index in [1.165, 1.54) is 6.07 Å². The van der Waals surface area contributed by atoms with Crippen LogP contribution in [-0.2, 0) is 4.74 Å². The minimum absolute atomic E-state index is 0. The molecule has 8 heteroatoms. The Morgan fingerprint density at radius 2 is 2.10 bits per heavy atom. The fourth-order valence-electron chi connectivity index (χ4n) is 1.84. The van der Waals surface area contributed by atoms with Crippen molar-refractivity contribution < 1.29 is 18.0 Å². The minimum Gasteiger partial charge on any atom is -0.366 e. The molecule has 2 aromatic rings. The first-order valence-corrected chi connectivity index (χ1v) is 5.85. The van der Waals surface area contributed by atoms with Crippen molar-refractivity contribution in [2.75, 3.05) is 19.7 Å². The van der Waals surface area contributed by atoms with Crippen LogP contribution in [0, 0.1) is 11.6 Å². The molecule has 0 radical (unpaired) electrons. The summed E-state index contributed by atoms with van der Waals surface area (Å²) in [6.45, 7) is 1.92. The third kappa shape index (κ3) is 2.95. The van der Waals surface area contributed by atoms with Gasteiger partial charge in [-0.05, 0) is 18.2 Å². The van der Waals surface area contributed by atoms with Gasteiger partial charge in [-0.1, -0.05) is 5.16 Å². The summed E-state index contributed by atoms with van der Waals surface area (Å²) in [6.07, 6.45) is -0.305. The van der Waals surface area contributed by atoms with Gasteiger partial charge in [0.05, 0.1) is 6.61 Å². The van der Waals surface area contributed by atoms with Crippen LogP contribution in [0.1, 0.15) is 12.0 Å². The van der Waals surface area contributed by atoms with Crippen molar-refractivity contribution >= 4 is 12.4 Å². The zero-order valence-corrected chi connectivity index (χ0v) is 11.1. The SMILES string of the molecule is Cl.Fc1ccc(-c2noc([C@@H]3CNCCO3)n2)cc1F. The Balaban J connectivity index is 0.00000147. The van der Waals surface area contributed by atoms with Crippen molar-refractivity contribution in [1.29, 1.82) is 0 Å². The standard InChI is InChI=1S/C12H11F2N3O2.ClH/c13-8-2-1-7(5-9(8)14)11-16-12(19-17-11)10-6-15-3-4-18-10;/h1-2,5,10,15H,3-4,6H2;1H/t10-;/m0./s1. The van der Waals surface area contributed by atoms with Crippen LogP contribution in [0.15, 0.2) is 22.7 Å². The molecule has 0 amide bonds. The molecular formula is C12H12ClF2N3O2. The Morgan fingerprint density at radius 3 is 2.80 bits per heavy atom. The highest BCUT2D eigenvalue weighted by molar-refractivity contribution is 5.85. The largest absolute Gasteiger partial charge is 0.366 e. The highest BCUT2D eigenvalue weighted by atomic mass is 35.5. The predicted octanol–water partition coefficient (Wildman–Crippen LogP) is 2.10. The summed E-state index contributed by atoms with van der Waals surface area (Å²) in [5.74, 6) is -1.32. The smallest absolute Gasteiger partial charge is 0.257 e. The predicted molar refractivity (Wildman–Crippen MR) is 68.5 cm³/mol. The number of benzene rings is 1. The van der Waals surface area contributed by atoms with E-state index in [0.717, 1.165) is 18.7 Å².